The highest BCUT2D eigenvalue weighted by molar-refractivity contribution is 6.30. The van der Waals surface area contributed by atoms with Gasteiger partial charge in [0, 0.05) is 41.8 Å². The molecule has 1 aromatic heterocycles. The van der Waals surface area contributed by atoms with Gasteiger partial charge in [0.25, 0.3) is 0 Å². The molecular formula is C25H30ClN3O. The predicted molar refractivity (Wildman–Crippen MR) is 124 cm³/mol. The molecule has 0 atom stereocenters. The minimum atomic E-state index is 0.158. The number of piperidine rings is 1. The Balaban J connectivity index is 1.49. The van der Waals surface area contributed by atoms with Gasteiger partial charge in [-0.3, -0.25) is 9.69 Å². The van der Waals surface area contributed by atoms with E-state index in [-0.39, 0.29) is 11.8 Å². The van der Waals surface area contributed by atoms with E-state index in [2.05, 4.69) is 58.1 Å². The fourth-order valence-electron chi connectivity index (χ4n) is 4.38. The third-order valence-corrected chi connectivity index (χ3v) is 6.25. The van der Waals surface area contributed by atoms with Crippen molar-refractivity contribution in [3.8, 4) is 0 Å². The van der Waals surface area contributed by atoms with Gasteiger partial charge in [-0.05, 0) is 67.6 Å². The van der Waals surface area contributed by atoms with Crippen molar-refractivity contribution in [1.82, 2.24) is 14.8 Å². The van der Waals surface area contributed by atoms with Gasteiger partial charge < -0.3 is 9.88 Å². The van der Waals surface area contributed by atoms with Crippen LogP contribution < -0.4 is 5.32 Å². The maximum Gasteiger partial charge on any atom is 0.223 e. The summed E-state index contributed by atoms with van der Waals surface area (Å²) in [5.41, 5.74) is 3.77. The number of carbonyl (C=O) groups is 1. The van der Waals surface area contributed by atoms with E-state index < -0.39 is 0 Å². The Bertz CT molecular complexity index is 1000. The van der Waals surface area contributed by atoms with Crippen LogP contribution in [0.1, 0.15) is 37.4 Å². The molecule has 2 aromatic carbocycles. The molecule has 158 valence electrons. The molecule has 0 unspecified atom stereocenters. The van der Waals surface area contributed by atoms with Crippen LogP contribution in [0.3, 0.4) is 0 Å². The summed E-state index contributed by atoms with van der Waals surface area (Å²) in [5.74, 6) is 0.386. The Morgan fingerprint density at radius 2 is 1.87 bits per heavy atom. The average molecular weight is 424 g/mol. The number of nitrogens with one attached hydrogen (secondary N) is 1. The summed E-state index contributed by atoms with van der Waals surface area (Å²) in [7, 11) is 0. The summed E-state index contributed by atoms with van der Waals surface area (Å²) >= 11 is 6.22. The second-order valence-corrected chi connectivity index (χ2v) is 8.69. The second-order valence-electron chi connectivity index (χ2n) is 8.25. The summed E-state index contributed by atoms with van der Waals surface area (Å²) in [5, 5.41) is 5.09. The smallest absolute Gasteiger partial charge is 0.223 e. The van der Waals surface area contributed by atoms with Crippen LogP contribution in [0.2, 0.25) is 5.02 Å². The Kier molecular flexibility index (Phi) is 6.76. The van der Waals surface area contributed by atoms with Gasteiger partial charge in [-0.1, -0.05) is 48.9 Å². The first-order chi connectivity index (χ1) is 14.6. The van der Waals surface area contributed by atoms with Crippen LogP contribution in [-0.4, -0.2) is 35.0 Å². The van der Waals surface area contributed by atoms with Gasteiger partial charge in [0.2, 0.25) is 5.91 Å². The van der Waals surface area contributed by atoms with Crippen LogP contribution in [0.5, 0.6) is 0 Å². The normalized spacial score (nSPS) is 15.5. The van der Waals surface area contributed by atoms with Crippen LogP contribution in [0.25, 0.3) is 10.9 Å². The maximum atomic E-state index is 12.3. The van der Waals surface area contributed by atoms with Crippen molar-refractivity contribution in [2.45, 2.75) is 39.3 Å². The second kappa shape index (κ2) is 9.67. The third kappa shape index (κ3) is 4.88. The van der Waals surface area contributed by atoms with E-state index >= 15 is 0 Å². The molecule has 3 aromatic rings. The lowest BCUT2D eigenvalue weighted by Gasteiger charge is -2.31. The molecule has 0 saturated carbocycles. The zero-order valence-corrected chi connectivity index (χ0v) is 18.4. The average Bonchev–Trinajstić information content (AvgIpc) is 3.09. The fourth-order valence-corrected chi connectivity index (χ4v) is 4.59. The first-order valence-electron chi connectivity index (χ1n) is 11.0. The molecule has 1 amide bonds. The van der Waals surface area contributed by atoms with E-state index in [9.17, 15) is 4.79 Å². The summed E-state index contributed by atoms with van der Waals surface area (Å²) < 4.78 is 2.40. The summed E-state index contributed by atoms with van der Waals surface area (Å²) in [6.45, 7) is 6.50. The largest absolute Gasteiger partial charge is 0.356 e. The van der Waals surface area contributed by atoms with Gasteiger partial charge in [0.1, 0.15) is 0 Å². The Morgan fingerprint density at radius 1 is 1.07 bits per heavy atom. The molecule has 0 bridgehead atoms. The van der Waals surface area contributed by atoms with Crippen molar-refractivity contribution in [2.75, 3.05) is 19.6 Å². The van der Waals surface area contributed by atoms with Crippen LogP contribution in [0.15, 0.2) is 54.6 Å². The zero-order valence-electron chi connectivity index (χ0n) is 17.6. The molecule has 4 nitrogen and oxygen atoms in total. The number of halogens is 1. The standard InChI is InChI=1S/C25H30ClN3O/c1-2-12-27-25(30)20-10-13-28(14-11-20)18-23-16-21-7-3-4-9-24(21)29(23)17-19-6-5-8-22(26)15-19/h3-9,15-16,20H,2,10-14,17-18H2,1H3,(H,27,30). The van der Waals surface area contributed by atoms with E-state index in [1.165, 1.54) is 22.2 Å². The van der Waals surface area contributed by atoms with Gasteiger partial charge in [0.15, 0.2) is 0 Å². The third-order valence-electron chi connectivity index (χ3n) is 6.02. The minimum Gasteiger partial charge on any atom is -0.356 e. The van der Waals surface area contributed by atoms with Gasteiger partial charge in [-0.15, -0.1) is 0 Å². The lowest BCUT2D eigenvalue weighted by atomic mass is 9.96. The number of hydrogen-bond acceptors (Lipinski definition) is 2. The van der Waals surface area contributed by atoms with E-state index in [0.717, 1.165) is 57.0 Å². The van der Waals surface area contributed by atoms with E-state index in [4.69, 9.17) is 11.6 Å². The Hall–Kier alpha value is -2.30. The van der Waals surface area contributed by atoms with Crippen molar-refractivity contribution in [3.05, 3.63) is 70.9 Å². The molecule has 4 rings (SSSR count). The molecule has 0 aliphatic carbocycles. The molecule has 1 saturated heterocycles. The maximum absolute atomic E-state index is 12.3. The molecule has 1 N–H and O–H groups in total. The number of hydrogen-bond donors (Lipinski definition) is 1. The highest BCUT2D eigenvalue weighted by Gasteiger charge is 2.25. The van der Waals surface area contributed by atoms with Gasteiger partial charge in [-0.25, -0.2) is 0 Å². The number of rotatable bonds is 7. The number of amides is 1. The summed E-state index contributed by atoms with van der Waals surface area (Å²) in [6, 6.07) is 19.0. The lowest BCUT2D eigenvalue weighted by Crippen LogP contribution is -2.40. The highest BCUT2D eigenvalue weighted by Crippen LogP contribution is 2.25. The monoisotopic (exact) mass is 423 g/mol. The van der Waals surface area contributed by atoms with Gasteiger partial charge >= 0.3 is 0 Å². The molecule has 5 heteroatoms. The molecule has 1 aliphatic rings. The van der Waals surface area contributed by atoms with Gasteiger partial charge in [-0.2, -0.15) is 0 Å². The van der Waals surface area contributed by atoms with Crippen molar-refractivity contribution in [3.63, 3.8) is 0 Å². The van der Waals surface area contributed by atoms with Gasteiger partial charge in [0.05, 0.1) is 0 Å². The number of para-hydroxylation sites is 1. The van der Waals surface area contributed by atoms with Crippen LogP contribution in [0, 0.1) is 5.92 Å². The van der Waals surface area contributed by atoms with Crippen molar-refractivity contribution in [1.29, 1.82) is 0 Å². The van der Waals surface area contributed by atoms with E-state index in [0.29, 0.717) is 0 Å². The quantitative estimate of drug-likeness (QED) is 0.575. The molecule has 2 heterocycles. The van der Waals surface area contributed by atoms with E-state index in [1.807, 2.05) is 18.2 Å². The number of benzene rings is 2. The number of nitrogens with zero attached hydrogens (tertiary/aromatic N) is 2. The number of carbonyl (C=O) groups excluding carboxylic acids is 1. The van der Waals surface area contributed by atoms with Crippen LogP contribution in [0.4, 0.5) is 0 Å². The topological polar surface area (TPSA) is 37.3 Å². The SMILES string of the molecule is CCCNC(=O)C1CCN(Cc2cc3ccccc3n2Cc2cccc(Cl)c2)CC1. The molecular weight excluding hydrogens is 394 g/mol. The molecule has 1 fully saturated rings. The lowest BCUT2D eigenvalue weighted by molar-refractivity contribution is -0.126. The first-order valence-corrected chi connectivity index (χ1v) is 11.3. The Labute approximate surface area is 183 Å². The van der Waals surface area contributed by atoms with Crippen LogP contribution in [-0.2, 0) is 17.9 Å². The first kappa shape index (κ1) is 21.0. The molecule has 0 spiro atoms. The number of likely N-dealkylation sites (tertiary alicyclic amines) is 1. The fraction of sp³-hybridized carbons (Fsp3) is 0.400. The summed E-state index contributed by atoms with van der Waals surface area (Å²) in [6.07, 6.45) is 2.86. The highest BCUT2D eigenvalue weighted by atomic mass is 35.5. The molecule has 0 radical (unpaired) electrons. The zero-order chi connectivity index (χ0) is 20.9. The molecule has 30 heavy (non-hydrogen) atoms. The number of aromatic nitrogens is 1. The van der Waals surface area contributed by atoms with Crippen molar-refractivity contribution in [2.24, 2.45) is 5.92 Å². The van der Waals surface area contributed by atoms with Crippen LogP contribution >= 0.6 is 11.6 Å². The van der Waals surface area contributed by atoms with E-state index in [1.54, 1.807) is 0 Å². The minimum absolute atomic E-state index is 0.158. The Morgan fingerprint density at radius 3 is 2.63 bits per heavy atom. The predicted octanol–water partition coefficient (Wildman–Crippen LogP) is 5.08. The van der Waals surface area contributed by atoms with Crippen molar-refractivity contribution < 1.29 is 4.79 Å². The summed E-state index contributed by atoms with van der Waals surface area (Å²) in [4.78, 5) is 14.8. The van der Waals surface area contributed by atoms with Crippen molar-refractivity contribution >= 4 is 28.4 Å². The molecule has 1 aliphatic heterocycles. The number of fused-ring (bicyclic) bond motifs is 1.